The van der Waals surface area contributed by atoms with E-state index in [9.17, 15) is 22.0 Å². The van der Waals surface area contributed by atoms with Crippen LogP contribution in [0.4, 0.5) is 8.78 Å². The average Bonchev–Trinajstić information content (AvgIpc) is 2.67. The van der Waals surface area contributed by atoms with Gasteiger partial charge in [-0.25, -0.2) is 22.0 Å². The molecule has 0 saturated carbocycles. The SMILES string of the molecule is COC(=O)c1cc(F)ccc1S(=O)(=O)N1CCNCC1c1cccc(F)c1. The maximum Gasteiger partial charge on any atom is 0.339 e. The first kappa shape index (κ1) is 19.4. The lowest BCUT2D eigenvalue weighted by atomic mass is 10.1. The van der Waals surface area contributed by atoms with Crippen LogP contribution in [0.2, 0.25) is 0 Å². The molecule has 1 fully saturated rings. The van der Waals surface area contributed by atoms with E-state index in [1.165, 1.54) is 22.5 Å². The predicted molar refractivity (Wildman–Crippen MR) is 93.6 cm³/mol. The highest BCUT2D eigenvalue weighted by Crippen LogP contribution is 2.31. The summed E-state index contributed by atoms with van der Waals surface area (Å²) < 4.78 is 59.6. The number of benzene rings is 2. The van der Waals surface area contributed by atoms with E-state index in [1.807, 2.05) is 0 Å². The maximum absolute atomic E-state index is 13.6. The number of rotatable bonds is 4. The van der Waals surface area contributed by atoms with Crippen LogP contribution in [0.5, 0.6) is 0 Å². The molecule has 0 aliphatic carbocycles. The predicted octanol–water partition coefficient (Wildman–Crippen LogP) is 2.09. The number of hydrogen-bond acceptors (Lipinski definition) is 5. The van der Waals surface area contributed by atoms with Gasteiger partial charge in [-0.1, -0.05) is 12.1 Å². The molecule has 1 unspecified atom stereocenters. The Hall–Kier alpha value is -2.36. The number of carbonyl (C=O) groups is 1. The Morgan fingerprint density at radius 2 is 1.93 bits per heavy atom. The highest BCUT2D eigenvalue weighted by atomic mass is 32.2. The molecule has 3 rings (SSSR count). The maximum atomic E-state index is 13.6. The molecule has 27 heavy (non-hydrogen) atoms. The van der Waals surface area contributed by atoms with Crippen LogP contribution in [-0.2, 0) is 14.8 Å². The number of esters is 1. The summed E-state index contributed by atoms with van der Waals surface area (Å²) in [5, 5.41) is 3.08. The van der Waals surface area contributed by atoms with Gasteiger partial charge in [0, 0.05) is 19.6 Å². The molecule has 1 saturated heterocycles. The van der Waals surface area contributed by atoms with E-state index >= 15 is 0 Å². The van der Waals surface area contributed by atoms with Crippen LogP contribution in [-0.4, -0.2) is 45.4 Å². The monoisotopic (exact) mass is 396 g/mol. The second-order valence-corrected chi connectivity index (χ2v) is 7.88. The second kappa shape index (κ2) is 7.71. The Balaban J connectivity index is 2.09. The fraction of sp³-hybridized carbons (Fsp3) is 0.278. The molecule has 6 nitrogen and oxygen atoms in total. The van der Waals surface area contributed by atoms with E-state index in [-0.39, 0.29) is 23.5 Å². The molecule has 0 spiro atoms. The number of hydrogen-bond donors (Lipinski definition) is 1. The minimum absolute atomic E-state index is 0.113. The zero-order valence-corrected chi connectivity index (χ0v) is 15.3. The van der Waals surface area contributed by atoms with Gasteiger partial charge >= 0.3 is 5.97 Å². The van der Waals surface area contributed by atoms with E-state index < -0.39 is 33.7 Å². The molecule has 1 aliphatic rings. The largest absolute Gasteiger partial charge is 0.465 e. The third kappa shape index (κ3) is 3.85. The van der Waals surface area contributed by atoms with E-state index in [0.717, 1.165) is 25.3 Å². The van der Waals surface area contributed by atoms with Crippen LogP contribution < -0.4 is 5.32 Å². The minimum Gasteiger partial charge on any atom is -0.465 e. The number of halogens is 2. The molecule has 2 aromatic rings. The quantitative estimate of drug-likeness (QED) is 0.801. The first-order chi connectivity index (χ1) is 12.8. The first-order valence-corrected chi connectivity index (χ1v) is 9.64. The zero-order chi connectivity index (χ0) is 19.6. The van der Waals surface area contributed by atoms with E-state index in [2.05, 4.69) is 10.1 Å². The summed E-state index contributed by atoms with van der Waals surface area (Å²) in [6.07, 6.45) is 0. The standard InChI is InChI=1S/C18H18F2N2O4S/c1-26-18(23)15-10-14(20)5-6-17(15)27(24,25)22-8-7-21-11-16(22)12-3-2-4-13(19)9-12/h2-6,9-10,16,21H,7-8,11H2,1H3. The molecule has 1 N–H and O–H groups in total. The smallest absolute Gasteiger partial charge is 0.339 e. The number of nitrogens with zero attached hydrogens (tertiary/aromatic N) is 1. The molecule has 2 aromatic carbocycles. The van der Waals surface area contributed by atoms with Crippen molar-refractivity contribution in [2.75, 3.05) is 26.7 Å². The summed E-state index contributed by atoms with van der Waals surface area (Å²) in [5.41, 5.74) is 0.0986. The molecule has 0 amide bonds. The van der Waals surface area contributed by atoms with Crippen molar-refractivity contribution in [3.8, 4) is 0 Å². The zero-order valence-electron chi connectivity index (χ0n) is 14.5. The van der Waals surface area contributed by atoms with Crippen molar-refractivity contribution in [2.45, 2.75) is 10.9 Å². The molecule has 9 heteroatoms. The fourth-order valence-corrected chi connectivity index (χ4v) is 4.87. The van der Waals surface area contributed by atoms with Gasteiger partial charge in [0.05, 0.1) is 23.6 Å². The highest BCUT2D eigenvalue weighted by Gasteiger charge is 2.37. The Morgan fingerprint density at radius 3 is 2.63 bits per heavy atom. The van der Waals surface area contributed by atoms with E-state index in [0.29, 0.717) is 12.1 Å². The van der Waals surface area contributed by atoms with Gasteiger partial charge in [0.25, 0.3) is 0 Å². The number of carbonyl (C=O) groups excluding carboxylic acids is 1. The Labute approximate surface area is 155 Å². The van der Waals surface area contributed by atoms with Crippen molar-refractivity contribution in [1.29, 1.82) is 0 Å². The number of ether oxygens (including phenoxy) is 1. The van der Waals surface area contributed by atoms with Crippen LogP contribution in [0.1, 0.15) is 22.0 Å². The third-order valence-corrected chi connectivity index (χ3v) is 6.33. The number of methoxy groups -OCH3 is 1. The van der Waals surface area contributed by atoms with Gasteiger partial charge in [-0.05, 0) is 35.9 Å². The van der Waals surface area contributed by atoms with Gasteiger partial charge in [0.2, 0.25) is 10.0 Å². The first-order valence-electron chi connectivity index (χ1n) is 8.20. The normalized spacial score (nSPS) is 18.3. The van der Waals surface area contributed by atoms with E-state index in [1.54, 1.807) is 6.07 Å². The molecular formula is C18H18F2N2O4S. The Kier molecular flexibility index (Phi) is 5.54. The summed E-state index contributed by atoms with van der Waals surface area (Å²) >= 11 is 0. The molecule has 1 atom stereocenters. The fourth-order valence-electron chi connectivity index (χ4n) is 3.09. The number of nitrogens with one attached hydrogen (secondary N) is 1. The molecule has 1 aliphatic heterocycles. The molecule has 0 radical (unpaired) electrons. The molecule has 1 heterocycles. The lowest BCUT2D eigenvalue weighted by Crippen LogP contribution is -2.48. The minimum atomic E-state index is -4.17. The van der Waals surface area contributed by atoms with Crippen LogP contribution in [0.25, 0.3) is 0 Å². The summed E-state index contributed by atoms with van der Waals surface area (Å²) in [7, 11) is -3.08. The Morgan fingerprint density at radius 1 is 1.19 bits per heavy atom. The molecule has 144 valence electrons. The summed E-state index contributed by atoms with van der Waals surface area (Å²) in [4.78, 5) is 11.6. The van der Waals surface area contributed by atoms with Gasteiger partial charge in [0.15, 0.2) is 0 Å². The van der Waals surface area contributed by atoms with Crippen molar-refractivity contribution in [1.82, 2.24) is 9.62 Å². The van der Waals surface area contributed by atoms with Crippen molar-refractivity contribution >= 4 is 16.0 Å². The Bertz CT molecular complexity index is 966. The summed E-state index contributed by atoms with van der Waals surface area (Å²) in [5.74, 6) is -2.19. The van der Waals surface area contributed by atoms with Gasteiger partial charge in [-0.15, -0.1) is 0 Å². The summed E-state index contributed by atoms with van der Waals surface area (Å²) in [6, 6.07) is 7.85. The van der Waals surface area contributed by atoms with Gasteiger partial charge < -0.3 is 10.1 Å². The average molecular weight is 396 g/mol. The van der Waals surface area contributed by atoms with Crippen LogP contribution in [0.3, 0.4) is 0 Å². The van der Waals surface area contributed by atoms with Crippen molar-refractivity contribution in [2.24, 2.45) is 0 Å². The number of piperazine rings is 1. The van der Waals surface area contributed by atoms with E-state index in [4.69, 9.17) is 0 Å². The molecule has 0 aromatic heterocycles. The van der Waals surface area contributed by atoms with Crippen LogP contribution in [0.15, 0.2) is 47.4 Å². The molecular weight excluding hydrogens is 378 g/mol. The lowest BCUT2D eigenvalue weighted by molar-refractivity contribution is 0.0595. The van der Waals surface area contributed by atoms with Gasteiger partial charge in [-0.2, -0.15) is 4.31 Å². The number of sulfonamides is 1. The highest BCUT2D eigenvalue weighted by molar-refractivity contribution is 7.89. The van der Waals surface area contributed by atoms with Crippen molar-refractivity contribution in [3.05, 3.63) is 65.2 Å². The third-order valence-electron chi connectivity index (χ3n) is 4.36. The van der Waals surface area contributed by atoms with Gasteiger partial charge in [0.1, 0.15) is 11.6 Å². The molecule has 0 bridgehead atoms. The summed E-state index contributed by atoms with van der Waals surface area (Å²) in [6.45, 7) is 0.777. The topological polar surface area (TPSA) is 75.7 Å². The van der Waals surface area contributed by atoms with Crippen molar-refractivity contribution in [3.63, 3.8) is 0 Å². The van der Waals surface area contributed by atoms with Crippen LogP contribution >= 0.6 is 0 Å². The second-order valence-electron chi connectivity index (χ2n) is 6.02. The van der Waals surface area contributed by atoms with Crippen molar-refractivity contribution < 1.29 is 26.7 Å². The lowest BCUT2D eigenvalue weighted by Gasteiger charge is -2.35. The van der Waals surface area contributed by atoms with Gasteiger partial charge in [-0.3, -0.25) is 0 Å². The van der Waals surface area contributed by atoms with Crippen LogP contribution in [0, 0.1) is 11.6 Å².